The summed E-state index contributed by atoms with van der Waals surface area (Å²) in [6, 6.07) is 0.750. The van der Waals surface area contributed by atoms with Gasteiger partial charge in [0.25, 0.3) is 0 Å². The van der Waals surface area contributed by atoms with Gasteiger partial charge in [0, 0.05) is 11.4 Å². The zero-order valence-corrected chi connectivity index (χ0v) is 7.61. The van der Waals surface area contributed by atoms with Crippen LogP contribution in [-0.4, -0.2) is 18.0 Å². The van der Waals surface area contributed by atoms with Gasteiger partial charge >= 0.3 is 0 Å². The van der Waals surface area contributed by atoms with Crippen molar-refractivity contribution in [1.82, 2.24) is 5.32 Å². The van der Waals surface area contributed by atoms with Gasteiger partial charge in [0.2, 0.25) is 0 Å². The smallest absolute Gasteiger partial charge is 0.0351 e. The van der Waals surface area contributed by atoms with Crippen molar-refractivity contribution in [2.75, 3.05) is 6.54 Å². The van der Waals surface area contributed by atoms with Crippen molar-refractivity contribution >= 4 is 11.6 Å². The maximum atomic E-state index is 6.10. The molecule has 1 heterocycles. The second kappa shape index (κ2) is 3.32. The lowest BCUT2D eigenvalue weighted by atomic mass is 9.79. The van der Waals surface area contributed by atoms with Crippen LogP contribution in [0.4, 0.5) is 0 Å². The van der Waals surface area contributed by atoms with Crippen molar-refractivity contribution in [2.45, 2.75) is 43.5 Å². The second-order valence-corrected chi connectivity index (χ2v) is 4.49. The Morgan fingerprint density at radius 2 is 2.09 bits per heavy atom. The number of halogens is 1. The molecule has 11 heavy (non-hydrogen) atoms. The number of rotatable bonds is 0. The maximum absolute atomic E-state index is 6.10. The summed E-state index contributed by atoms with van der Waals surface area (Å²) in [6.45, 7) is 1.21. The van der Waals surface area contributed by atoms with Crippen LogP contribution >= 0.6 is 11.6 Å². The molecule has 3 atom stereocenters. The fraction of sp³-hybridized carbons (Fsp3) is 1.00. The molecule has 0 aromatic carbocycles. The third kappa shape index (κ3) is 1.70. The van der Waals surface area contributed by atoms with Crippen LogP contribution in [0.5, 0.6) is 0 Å². The van der Waals surface area contributed by atoms with Crippen LogP contribution in [0, 0.1) is 5.92 Å². The van der Waals surface area contributed by atoms with Gasteiger partial charge < -0.3 is 5.32 Å². The first-order valence-electron chi connectivity index (χ1n) is 4.74. The zero-order valence-electron chi connectivity index (χ0n) is 6.85. The summed E-state index contributed by atoms with van der Waals surface area (Å²) in [4.78, 5) is 0. The van der Waals surface area contributed by atoms with E-state index in [2.05, 4.69) is 5.32 Å². The highest BCUT2D eigenvalue weighted by Gasteiger charge is 2.30. The first-order chi connectivity index (χ1) is 5.36. The Balaban J connectivity index is 1.93. The Kier molecular flexibility index (Phi) is 2.38. The van der Waals surface area contributed by atoms with Crippen molar-refractivity contribution in [3.63, 3.8) is 0 Å². The van der Waals surface area contributed by atoms with Crippen molar-refractivity contribution in [2.24, 2.45) is 5.92 Å². The molecule has 1 N–H and O–H groups in total. The molecule has 64 valence electrons. The molecule has 0 radical (unpaired) electrons. The van der Waals surface area contributed by atoms with E-state index in [4.69, 9.17) is 11.6 Å². The van der Waals surface area contributed by atoms with Crippen LogP contribution in [0.2, 0.25) is 0 Å². The summed E-state index contributed by atoms with van der Waals surface area (Å²) in [6.07, 6.45) is 6.60. The molecule has 2 fully saturated rings. The molecule has 1 saturated heterocycles. The van der Waals surface area contributed by atoms with E-state index in [-0.39, 0.29) is 0 Å². The quantitative estimate of drug-likeness (QED) is 0.554. The summed E-state index contributed by atoms with van der Waals surface area (Å²) in [7, 11) is 0. The van der Waals surface area contributed by atoms with E-state index in [9.17, 15) is 0 Å². The zero-order chi connectivity index (χ0) is 7.68. The van der Waals surface area contributed by atoms with Crippen LogP contribution in [-0.2, 0) is 0 Å². The van der Waals surface area contributed by atoms with Gasteiger partial charge in [0.1, 0.15) is 0 Å². The summed E-state index contributed by atoms with van der Waals surface area (Å²) in [5, 5.41) is 4.01. The molecule has 0 spiro atoms. The van der Waals surface area contributed by atoms with E-state index in [0.717, 1.165) is 12.0 Å². The molecular weight excluding hydrogens is 158 g/mol. The minimum atomic E-state index is 0.446. The Morgan fingerprint density at radius 1 is 1.18 bits per heavy atom. The number of piperidine rings is 1. The molecule has 0 bridgehead atoms. The van der Waals surface area contributed by atoms with E-state index >= 15 is 0 Å². The monoisotopic (exact) mass is 173 g/mol. The highest BCUT2D eigenvalue weighted by atomic mass is 35.5. The van der Waals surface area contributed by atoms with Gasteiger partial charge in [-0.05, 0) is 44.6 Å². The maximum Gasteiger partial charge on any atom is 0.0351 e. The summed E-state index contributed by atoms with van der Waals surface area (Å²) < 4.78 is 0. The number of hydrogen-bond acceptors (Lipinski definition) is 1. The third-order valence-electron chi connectivity index (χ3n) is 3.09. The first-order valence-corrected chi connectivity index (χ1v) is 5.17. The Morgan fingerprint density at radius 3 is 3.00 bits per heavy atom. The van der Waals surface area contributed by atoms with Gasteiger partial charge in [0.05, 0.1) is 0 Å². The second-order valence-electron chi connectivity index (χ2n) is 3.87. The van der Waals surface area contributed by atoms with Gasteiger partial charge in [-0.3, -0.25) is 0 Å². The van der Waals surface area contributed by atoms with Gasteiger partial charge in [-0.15, -0.1) is 11.6 Å². The lowest BCUT2D eigenvalue weighted by Crippen LogP contribution is -2.45. The van der Waals surface area contributed by atoms with Crippen LogP contribution in [0.3, 0.4) is 0 Å². The largest absolute Gasteiger partial charge is 0.314 e. The summed E-state index contributed by atoms with van der Waals surface area (Å²) in [5.74, 6) is 0.943. The lowest BCUT2D eigenvalue weighted by Gasteiger charge is -2.38. The highest BCUT2D eigenvalue weighted by Crippen LogP contribution is 2.32. The molecule has 1 aliphatic heterocycles. The molecule has 2 aliphatic rings. The van der Waals surface area contributed by atoms with Crippen LogP contribution in [0.1, 0.15) is 32.1 Å². The Labute approximate surface area is 73.5 Å². The lowest BCUT2D eigenvalue weighted by molar-refractivity contribution is 0.214. The van der Waals surface area contributed by atoms with E-state index in [0.29, 0.717) is 5.38 Å². The third-order valence-corrected chi connectivity index (χ3v) is 3.48. The first kappa shape index (κ1) is 7.88. The van der Waals surface area contributed by atoms with Crippen LogP contribution in [0.25, 0.3) is 0 Å². The van der Waals surface area contributed by atoms with Crippen LogP contribution < -0.4 is 5.32 Å². The molecule has 0 aromatic heterocycles. The highest BCUT2D eigenvalue weighted by molar-refractivity contribution is 6.20. The molecule has 2 rings (SSSR count). The molecule has 1 saturated carbocycles. The average molecular weight is 174 g/mol. The van der Waals surface area contributed by atoms with Crippen LogP contribution in [0.15, 0.2) is 0 Å². The van der Waals surface area contributed by atoms with E-state index in [1.54, 1.807) is 0 Å². The predicted molar refractivity (Wildman–Crippen MR) is 48.0 cm³/mol. The molecule has 0 aromatic rings. The average Bonchev–Trinajstić information content (AvgIpc) is 2.04. The molecule has 1 aliphatic carbocycles. The van der Waals surface area contributed by atoms with E-state index < -0.39 is 0 Å². The van der Waals surface area contributed by atoms with Gasteiger partial charge in [-0.1, -0.05) is 0 Å². The summed E-state index contributed by atoms with van der Waals surface area (Å²) in [5.41, 5.74) is 0. The predicted octanol–water partition coefficient (Wildman–Crippen LogP) is 2.15. The molecule has 2 unspecified atom stereocenters. The number of nitrogens with one attached hydrogen (secondary N) is 1. The molecule has 1 nitrogen and oxygen atoms in total. The number of hydrogen-bond donors (Lipinski definition) is 1. The van der Waals surface area contributed by atoms with Crippen molar-refractivity contribution < 1.29 is 0 Å². The fourth-order valence-electron chi connectivity index (χ4n) is 2.43. The fourth-order valence-corrected chi connectivity index (χ4v) is 2.75. The number of alkyl halides is 1. The number of fused-ring (bicyclic) bond motifs is 1. The summed E-state index contributed by atoms with van der Waals surface area (Å²) >= 11 is 6.10. The van der Waals surface area contributed by atoms with Gasteiger partial charge in [-0.2, -0.15) is 0 Å². The van der Waals surface area contributed by atoms with Crippen molar-refractivity contribution in [3.8, 4) is 0 Å². The topological polar surface area (TPSA) is 12.0 Å². The molecule has 2 heteroatoms. The Hall–Kier alpha value is 0.250. The van der Waals surface area contributed by atoms with Gasteiger partial charge in [-0.25, -0.2) is 0 Å². The SMILES string of the molecule is ClC1CC[C@@H]2CCCNC2C1. The Bertz CT molecular complexity index is 138. The van der Waals surface area contributed by atoms with Crippen molar-refractivity contribution in [3.05, 3.63) is 0 Å². The van der Waals surface area contributed by atoms with E-state index in [1.807, 2.05) is 0 Å². The molecular formula is C9H16ClN. The normalized spacial score (nSPS) is 45.0. The van der Waals surface area contributed by atoms with Gasteiger partial charge in [0.15, 0.2) is 0 Å². The minimum Gasteiger partial charge on any atom is -0.314 e. The minimum absolute atomic E-state index is 0.446. The molecule has 0 amide bonds. The standard InChI is InChI=1S/C9H16ClN/c10-8-4-3-7-2-1-5-11-9(7)6-8/h7-9,11H,1-6H2/t7-,8?,9?/m0/s1. The van der Waals surface area contributed by atoms with Crippen molar-refractivity contribution in [1.29, 1.82) is 0 Å². The van der Waals surface area contributed by atoms with E-state index in [1.165, 1.54) is 38.6 Å².